The number of hydrogen-bond donors (Lipinski definition) is 1. The minimum absolute atomic E-state index is 0.0658. The number of fused-ring (bicyclic) bond motifs is 3. The summed E-state index contributed by atoms with van der Waals surface area (Å²) in [4.78, 5) is 2.18. The maximum atomic E-state index is 14.3. The molecule has 148 valence electrons. The molecular weight excluding hydrogens is 389 g/mol. The summed E-state index contributed by atoms with van der Waals surface area (Å²) in [7, 11) is 2.02. The van der Waals surface area contributed by atoms with Crippen LogP contribution in [0.25, 0.3) is 10.9 Å². The molecule has 3 aromatic rings. The summed E-state index contributed by atoms with van der Waals surface area (Å²) in [6, 6.07) is 6.65. The van der Waals surface area contributed by atoms with E-state index in [9.17, 15) is 18.3 Å². The zero-order chi connectivity index (χ0) is 20.2. The van der Waals surface area contributed by atoms with Crippen molar-refractivity contribution in [2.24, 2.45) is 0 Å². The molecule has 4 rings (SSSR count). The molecule has 1 N–H and O–H groups in total. The second kappa shape index (κ2) is 6.79. The molecule has 0 saturated carbocycles. The van der Waals surface area contributed by atoms with Crippen LogP contribution in [0.3, 0.4) is 0 Å². The molecule has 28 heavy (non-hydrogen) atoms. The van der Waals surface area contributed by atoms with Gasteiger partial charge in [-0.1, -0.05) is 11.6 Å². The second-order valence-corrected chi connectivity index (χ2v) is 8.12. The molecule has 2 aromatic carbocycles. The minimum atomic E-state index is -1.87. The van der Waals surface area contributed by atoms with Gasteiger partial charge in [-0.15, -0.1) is 0 Å². The Balaban J connectivity index is 1.86. The summed E-state index contributed by atoms with van der Waals surface area (Å²) in [5.41, 5.74) is 0.546. The first-order valence-corrected chi connectivity index (χ1v) is 9.40. The number of rotatable bonds is 3. The smallest absolute Gasteiger partial charge is 0.135 e. The van der Waals surface area contributed by atoms with E-state index in [-0.39, 0.29) is 6.54 Å². The van der Waals surface area contributed by atoms with Gasteiger partial charge in [0.1, 0.15) is 23.1 Å². The molecule has 0 spiro atoms. The van der Waals surface area contributed by atoms with Crippen LogP contribution in [0, 0.1) is 17.5 Å². The van der Waals surface area contributed by atoms with Gasteiger partial charge in [-0.3, -0.25) is 0 Å². The minimum Gasteiger partial charge on any atom is -0.383 e. The Labute approximate surface area is 165 Å². The molecule has 0 fully saturated rings. The lowest BCUT2D eigenvalue weighted by atomic mass is 9.94. The van der Waals surface area contributed by atoms with Gasteiger partial charge in [0.25, 0.3) is 0 Å². The van der Waals surface area contributed by atoms with Crippen LogP contribution in [0.15, 0.2) is 30.3 Å². The zero-order valence-electron chi connectivity index (χ0n) is 15.6. The number of aromatic nitrogens is 1. The third-order valence-electron chi connectivity index (χ3n) is 5.42. The average Bonchev–Trinajstić information content (AvgIpc) is 2.85. The summed E-state index contributed by atoms with van der Waals surface area (Å²) in [6.07, 6.45) is 0.739. The molecule has 1 aliphatic rings. The van der Waals surface area contributed by atoms with Crippen LogP contribution in [-0.4, -0.2) is 28.2 Å². The Bertz CT molecular complexity index is 1050. The van der Waals surface area contributed by atoms with Gasteiger partial charge in [0, 0.05) is 53.3 Å². The lowest BCUT2D eigenvalue weighted by Gasteiger charge is -2.29. The molecule has 1 unspecified atom stereocenters. The number of aliphatic hydroxyl groups is 1. The SMILES string of the molecule is CN1CCc2c(c3cc(Cl)ccc3n2CC(C)(O)c2c(F)cc(F)cc2F)C1. The van der Waals surface area contributed by atoms with Gasteiger partial charge in [-0.05, 0) is 37.7 Å². The molecule has 7 heteroatoms. The monoisotopic (exact) mass is 408 g/mol. The van der Waals surface area contributed by atoms with Crippen molar-refractivity contribution >= 4 is 22.5 Å². The number of nitrogens with zero attached hydrogens (tertiary/aromatic N) is 2. The molecule has 1 aliphatic heterocycles. The van der Waals surface area contributed by atoms with E-state index in [2.05, 4.69) is 4.90 Å². The van der Waals surface area contributed by atoms with Crippen molar-refractivity contribution < 1.29 is 18.3 Å². The Morgan fingerprint density at radius 3 is 2.50 bits per heavy atom. The first-order valence-electron chi connectivity index (χ1n) is 9.03. The van der Waals surface area contributed by atoms with E-state index in [4.69, 9.17) is 11.6 Å². The Kier molecular flexibility index (Phi) is 4.68. The van der Waals surface area contributed by atoms with Crippen LogP contribution in [0.5, 0.6) is 0 Å². The van der Waals surface area contributed by atoms with Crippen LogP contribution in [0.2, 0.25) is 5.02 Å². The average molecular weight is 409 g/mol. The summed E-state index contributed by atoms with van der Waals surface area (Å²) in [5, 5.41) is 12.6. The van der Waals surface area contributed by atoms with Crippen LogP contribution >= 0.6 is 11.6 Å². The number of likely N-dealkylation sites (N-methyl/N-ethyl adjacent to an activating group) is 1. The number of halogens is 4. The van der Waals surface area contributed by atoms with Crippen LogP contribution < -0.4 is 0 Å². The predicted molar refractivity (Wildman–Crippen MR) is 103 cm³/mol. The Morgan fingerprint density at radius 1 is 1.14 bits per heavy atom. The Morgan fingerprint density at radius 2 is 1.82 bits per heavy atom. The largest absolute Gasteiger partial charge is 0.383 e. The van der Waals surface area contributed by atoms with Crippen molar-refractivity contribution in [1.82, 2.24) is 9.47 Å². The molecule has 0 radical (unpaired) electrons. The van der Waals surface area contributed by atoms with Gasteiger partial charge in [0.05, 0.1) is 12.1 Å². The van der Waals surface area contributed by atoms with Gasteiger partial charge in [-0.25, -0.2) is 13.2 Å². The summed E-state index contributed by atoms with van der Waals surface area (Å²) in [6.45, 7) is 2.83. The lowest BCUT2D eigenvalue weighted by molar-refractivity contribution is 0.0310. The van der Waals surface area contributed by atoms with E-state index in [1.54, 1.807) is 6.07 Å². The van der Waals surface area contributed by atoms with Crippen molar-refractivity contribution in [2.75, 3.05) is 13.6 Å². The van der Waals surface area contributed by atoms with Crippen molar-refractivity contribution in [1.29, 1.82) is 0 Å². The first kappa shape index (κ1) is 19.3. The topological polar surface area (TPSA) is 28.4 Å². The highest BCUT2D eigenvalue weighted by atomic mass is 35.5. The third kappa shape index (κ3) is 3.19. The quantitative estimate of drug-likeness (QED) is 0.685. The zero-order valence-corrected chi connectivity index (χ0v) is 16.3. The highest BCUT2D eigenvalue weighted by Gasteiger charge is 2.34. The molecular formula is C21H20ClF3N2O. The van der Waals surface area contributed by atoms with E-state index in [0.717, 1.165) is 41.7 Å². The lowest BCUT2D eigenvalue weighted by Crippen LogP contribution is -2.33. The molecule has 1 atom stereocenters. The first-order chi connectivity index (χ1) is 13.2. The molecule has 0 aliphatic carbocycles. The summed E-state index contributed by atoms with van der Waals surface area (Å²) < 4.78 is 43.8. The second-order valence-electron chi connectivity index (χ2n) is 7.68. The van der Waals surface area contributed by atoms with E-state index in [1.807, 2.05) is 23.7 Å². The number of hydrogen-bond acceptors (Lipinski definition) is 2. The van der Waals surface area contributed by atoms with Gasteiger partial charge >= 0.3 is 0 Å². The molecule has 0 saturated heterocycles. The van der Waals surface area contributed by atoms with Crippen LogP contribution in [0.1, 0.15) is 23.7 Å². The molecule has 3 nitrogen and oxygen atoms in total. The fourth-order valence-corrected chi connectivity index (χ4v) is 4.35. The maximum absolute atomic E-state index is 14.3. The van der Waals surface area contributed by atoms with Crippen molar-refractivity contribution in [3.63, 3.8) is 0 Å². The van der Waals surface area contributed by atoms with Crippen molar-refractivity contribution in [2.45, 2.75) is 32.0 Å². The molecule has 0 bridgehead atoms. The van der Waals surface area contributed by atoms with Gasteiger partial charge in [-0.2, -0.15) is 0 Å². The van der Waals surface area contributed by atoms with Gasteiger partial charge in [0.15, 0.2) is 0 Å². The van der Waals surface area contributed by atoms with E-state index >= 15 is 0 Å². The summed E-state index contributed by atoms with van der Waals surface area (Å²) >= 11 is 6.19. The molecule has 2 heterocycles. The fraction of sp³-hybridized carbons (Fsp3) is 0.333. The summed E-state index contributed by atoms with van der Waals surface area (Å²) in [5.74, 6) is -3.22. The standard InChI is InChI=1S/C21H20ClF3N2O/c1-21(28,20-16(24)8-13(23)9-17(20)25)11-27-18-4-3-12(22)7-14(18)15-10-26(2)6-5-19(15)27/h3-4,7-9,28H,5-6,10-11H2,1-2H3. The normalized spacial score (nSPS) is 17.0. The highest BCUT2D eigenvalue weighted by Crippen LogP contribution is 2.36. The fourth-order valence-electron chi connectivity index (χ4n) is 4.18. The van der Waals surface area contributed by atoms with Gasteiger partial charge in [0.2, 0.25) is 0 Å². The van der Waals surface area contributed by atoms with E-state index < -0.39 is 28.6 Å². The molecule has 0 amide bonds. The van der Waals surface area contributed by atoms with Crippen molar-refractivity contribution in [3.8, 4) is 0 Å². The molecule has 1 aromatic heterocycles. The van der Waals surface area contributed by atoms with Crippen LogP contribution in [-0.2, 0) is 25.1 Å². The predicted octanol–water partition coefficient (Wildman–Crippen LogP) is 4.61. The maximum Gasteiger partial charge on any atom is 0.135 e. The van der Waals surface area contributed by atoms with E-state index in [0.29, 0.717) is 17.2 Å². The van der Waals surface area contributed by atoms with Crippen molar-refractivity contribution in [3.05, 3.63) is 69.6 Å². The van der Waals surface area contributed by atoms with E-state index in [1.165, 1.54) is 6.92 Å². The third-order valence-corrected chi connectivity index (χ3v) is 5.65. The van der Waals surface area contributed by atoms with Crippen LogP contribution in [0.4, 0.5) is 13.2 Å². The van der Waals surface area contributed by atoms with Gasteiger partial charge < -0.3 is 14.6 Å². The highest BCUT2D eigenvalue weighted by molar-refractivity contribution is 6.31. The number of benzene rings is 2. The Hall–Kier alpha value is -2.02.